The second kappa shape index (κ2) is 8.21. The van der Waals surface area contributed by atoms with Crippen molar-refractivity contribution in [3.05, 3.63) is 84.2 Å². The fourth-order valence-electron chi connectivity index (χ4n) is 3.24. The van der Waals surface area contributed by atoms with Crippen molar-refractivity contribution >= 4 is 28.2 Å². The lowest BCUT2D eigenvalue weighted by Crippen LogP contribution is -2.16. The van der Waals surface area contributed by atoms with Gasteiger partial charge in [0.2, 0.25) is 11.6 Å². The quantitative estimate of drug-likeness (QED) is 0.440. The number of carbonyl (C=O) groups excluding carboxylic acids is 1. The van der Waals surface area contributed by atoms with Crippen LogP contribution >= 0.6 is 0 Å². The molecule has 0 amide bonds. The molecule has 0 radical (unpaired) electrons. The zero-order valence-electron chi connectivity index (χ0n) is 17.0. The number of fused-ring (bicyclic) bond motifs is 1. The zero-order valence-corrected chi connectivity index (χ0v) is 17.0. The van der Waals surface area contributed by atoms with Crippen molar-refractivity contribution < 1.29 is 14.3 Å². The molecule has 0 aliphatic rings. The Morgan fingerprint density at radius 1 is 0.833 bits per heavy atom. The molecule has 3 aromatic carbocycles. The summed E-state index contributed by atoms with van der Waals surface area (Å²) >= 11 is 0. The Morgan fingerprint density at radius 3 is 2.30 bits per heavy atom. The summed E-state index contributed by atoms with van der Waals surface area (Å²) in [6.07, 6.45) is 0. The number of hydrogen-bond donors (Lipinski definition) is 0. The normalized spacial score (nSPS) is 10.6. The molecule has 0 aliphatic carbocycles. The first kappa shape index (κ1) is 19.4. The SMILES string of the molecule is COc1ccc(N(C)c2nc(C(=O)c3cccc(OC)c3)nc3ccccc23)cc1. The van der Waals surface area contributed by atoms with E-state index in [1.807, 2.05) is 60.5 Å². The molecule has 1 aromatic heterocycles. The number of benzene rings is 3. The number of para-hydroxylation sites is 1. The second-order valence-corrected chi connectivity index (χ2v) is 6.71. The molecule has 150 valence electrons. The highest BCUT2D eigenvalue weighted by Crippen LogP contribution is 2.30. The molecule has 0 spiro atoms. The van der Waals surface area contributed by atoms with Crippen LogP contribution in [0.3, 0.4) is 0 Å². The van der Waals surface area contributed by atoms with E-state index >= 15 is 0 Å². The standard InChI is InChI=1S/C24H21N3O3/c1-27(17-11-13-18(29-2)14-12-17)24-20-9-4-5-10-21(20)25-23(26-24)22(28)16-7-6-8-19(15-16)30-3/h4-15H,1-3H3. The molecule has 4 aromatic rings. The molecule has 1 heterocycles. The highest BCUT2D eigenvalue weighted by atomic mass is 16.5. The number of ketones is 1. The summed E-state index contributed by atoms with van der Waals surface area (Å²) in [5.41, 5.74) is 2.09. The third kappa shape index (κ3) is 3.67. The second-order valence-electron chi connectivity index (χ2n) is 6.71. The van der Waals surface area contributed by atoms with E-state index in [1.54, 1.807) is 38.5 Å². The molecule has 6 heteroatoms. The molecule has 0 bridgehead atoms. The lowest BCUT2D eigenvalue weighted by molar-refractivity contribution is 0.102. The van der Waals surface area contributed by atoms with E-state index in [2.05, 4.69) is 9.97 Å². The third-order valence-corrected chi connectivity index (χ3v) is 4.90. The molecular weight excluding hydrogens is 378 g/mol. The van der Waals surface area contributed by atoms with Gasteiger partial charge < -0.3 is 14.4 Å². The predicted octanol–water partition coefficient (Wildman–Crippen LogP) is 4.65. The fourth-order valence-corrected chi connectivity index (χ4v) is 3.24. The number of methoxy groups -OCH3 is 2. The highest BCUT2D eigenvalue weighted by Gasteiger charge is 2.19. The average molecular weight is 399 g/mol. The Balaban J connectivity index is 1.81. The maximum Gasteiger partial charge on any atom is 0.230 e. The minimum absolute atomic E-state index is 0.136. The van der Waals surface area contributed by atoms with Crippen LogP contribution in [0.15, 0.2) is 72.8 Å². The molecule has 4 rings (SSSR count). The first-order valence-corrected chi connectivity index (χ1v) is 9.44. The van der Waals surface area contributed by atoms with Gasteiger partial charge in [0.25, 0.3) is 0 Å². The number of anilines is 2. The number of nitrogens with zero attached hydrogens (tertiary/aromatic N) is 3. The Bertz CT molecular complexity index is 1210. The zero-order chi connectivity index (χ0) is 21.1. The maximum absolute atomic E-state index is 13.1. The van der Waals surface area contributed by atoms with E-state index in [4.69, 9.17) is 9.47 Å². The summed E-state index contributed by atoms with van der Waals surface area (Å²) in [6.45, 7) is 0. The van der Waals surface area contributed by atoms with Gasteiger partial charge in [0, 0.05) is 23.7 Å². The summed E-state index contributed by atoms with van der Waals surface area (Å²) in [7, 11) is 5.11. The topological polar surface area (TPSA) is 64.5 Å². The molecule has 0 unspecified atom stereocenters. The summed E-state index contributed by atoms with van der Waals surface area (Å²) in [5.74, 6) is 1.91. The van der Waals surface area contributed by atoms with Crippen LogP contribution in [0.5, 0.6) is 11.5 Å². The van der Waals surface area contributed by atoms with Gasteiger partial charge in [-0.05, 0) is 48.5 Å². The monoisotopic (exact) mass is 399 g/mol. The summed E-state index contributed by atoms with van der Waals surface area (Å²) in [4.78, 5) is 24.2. The van der Waals surface area contributed by atoms with Crippen molar-refractivity contribution in [2.75, 3.05) is 26.2 Å². The Morgan fingerprint density at radius 2 is 1.57 bits per heavy atom. The molecule has 0 N–H and O–H groups in total. The van der Waals surface area contributed by atoms with Crippen molar-refractivity contribution in [2.24, 2.45) is 0 Å². The molecule has 0 saturated carbocycles. The van der Waals surface area contributed by atoms with Gasteiger partial charge in [0.05, 0.1) is 19.7 Å². The van der Waals surface area contributed by atoms with Crippen LogP contribution in [0.1, 0.15) is 16.2 Å². The van der Waals surface area contributed by atoms with Gasteiger partial charge in [-0.2, -0.15) is 0 Å². The number of carbonyl (C=O) groups is 1. The van der Waals surface area contributed by atoms with Gasteiger partial charge in [0.15, 0.2) is 0 Å². The molecule has 0 aliphatic heterocycles. The van der Waals surface area contributed by atoms with Crippen LogP contribution in [-0.4, -0.2) is 37.0 Å². The van der Waals surface area contributed by atoms with E-state index in [-0.39, 0.29) is 11.6 Å². The van der Waals surface area contributed by atoms with Crippen LogP contribution in [0.25, 0.3) is 10.9 Å². The average Bonchev–Trinajstić information content (AvgIpc) is 2.82. The van der Waals surface area contributed by atoms with Crippen LogP contribution in [0.4, 0.5) is 11.5 Å². The minimum Gasteiger partial charge on any atom is -0.497 e. The van der Waals surface area contributed by atoms with E-state index in [0.29, 0.717) is 22.6 Å². The molecular formula is C24H21N3O3. The predicted molar refractivity (Wildman–Crippen MR) is 117 cm³/mol. The first-order chi connectivity index (χ1) is 14.6. The van der Waals surface area contributed by atoms with Crippen molar-refractivity contribution in [3.8, 4) is 11.5 Å². The van der Waals surface area contributed by atoms with Crippen LogP contribution in [-0.2, 0) is 0 Å². The highest BCUT2D eigenvalue weighted by molar-refractivity contribution is 6.08. The number of rotatable bonds is 6. The van der Waals surface area contributed by atoms with Crippen LogP contribution in [0.2, 0.25) is 0 Å². The van der Waals surface area contributed by atoms with Gasteiger partial charge in [-0.1, -0.05) is 24.3 Å². The first-order valence-electron chi connectivity index (χ1n) is 9.44. The Kier molecular flexibility index (Phi) is 5.30. The van der Waals surface area contributed by atoms with Crippen molar-refractivity contribution in [1.29, 1.82) is 0 Å². The molecule has 0 saturated heterocycles. The molecule has 6 nitrogen and oxygen atoms in total. The summed E-state index contributed by atoms with van der Waals surface area (Å²) in [5, 5.41) is 0.859. The van der Waals surface area contributed by atoms with Crippen molar-refractivity contribution in [2.45, 2.75) is 0 Å². The third-order valence-electron chi connectivity index (χ3n) is 4.90. The Hall–Kier alpha value is -3.93. The lowest BCUT2D eigenvalue weighted by atomic mass is 10.1. The molecule has 0 atom stereocenters. The van der Waals surface area contributed by atoms with Crippen LogP contribution < -0.4 is 14.4 Å². The van der Waals surface area contributed by atoms with E-state index in [0.717, 1.165) is 16.8 Å². The molecule has 30 heavy (non-hydrogen) atoms. The van der Waals surface area contributed by atoms with Gasteiger partial charge in [-0.3, -0.25) is 4.79 Å². The fraction of sp³-hybridized carbons (Fsp3) is 0.125. The number of hydrogen-bond acceptors (Lipinski definition) is 6. The van der Waals surface area contributed by atoms with Gasteiger partial charge in [-0.25, -0.2) is 9.97 Å². The Labute approximate surface area is 174 Å². The van der Waals surface area contributed by atoms with Crippen molar-refractivity contribution in [1.82, 2.24) is 9.97 Å². The van der Waals surface area contributed by atoms with E-state index in [1.165, 1.54) is 0 Å². The van der Waals surface area contributed by atoms with Crippen molar-refractivity contribution in [3.63, 3.8) is 0 Å². The number of ether oxygens (including phenoxy) is 2. The smallest absolute Gasteiger partial charge is 0.230 e. The largest absolute Gasteiger partial charge is 0.497 e. The lowest BCUT2D eigenvalue weighted by Gasteiger charge is -2.21. The van der Waals surface area contributed by atoms with E-state index in [9.17, 15) is 4.79 Å². The summed E-state index contributed by atoms with van der Waals surface area (Å²) in [6, 6.07) is 22.3. The minimum atomic E-state index is -0.260. The van der Waals surface area contributed by atoms with Crippen LogP contribution in [0, 0.1) is 0 Å². The number of aromatic nitrogens is 2. The maximum atomic E-state index is 13.1. The van der Waals surface area contributed by atoms with Gasteiger partial charge in [0.1, 0.15) is 17.3 Å². The molecule has 0 fully saturated rings. The van der Waals surface area contributed by atoms with Gasteiger partial charge in [-0.15, -0.1) is 0 Å². The summed E-state index contributed by atoms with van der Waals surface area (Å²) < 4.78 is 10.5. The van der Waals surface area contributed by atoms with Gasteiger partial charge >= 0.3 is 0 Å². The van der Waals surface area contributed by atoms with E-state index < -0.39 is 0 Å².